The lowest BCUT2D eigenvalue weighted by Gasteiger charge is -2.31. The summed E-state index contributed by atoms with van der Waals surface area (Å²) < 4.78 is 0.495. The summed E-state index contributed by atoms with van der Waals surface area (Å²) >= 11 is 2.00. The number of rotatable bonds is 0. The van der Waals surface area contributed by atoms with Gasteiger partial charge >= 0.3 is 0 Å². The molecule has 0 radical (unpaired) electrons. The van der Waals surface area contributed by atoms with Crippen LogP contribution in [0.25, 0.3) is 0 Å². The minimum absolute atomic E-state index is 0.495. The molecule has 62 valence electrons. The lowest BCUT2D eigenvalue weighted by Crippen LogP contribution is -2.40. The van der Waals surface area contributed by atoms with Crippen molar-refractivity contribution >= 4 is 16.8 Å². The Labute approximate surface area is 71.9 Å². The Morgan fingerprint density at radius 3 is 2.73 bits per heavy atom. The van der Waals surface area contributed by atoms with Gasteiger partial charge in [-0.1, -0.05) is 0 Å². The van der Waals surface area contributed by atoms with Gasteiger partial charge < -0.3 is 5.32 Å². The molecule has 2 nitrogen and oxygen atoms in total. The van der Waals surface area contributed by atoms with Crippen LogP contribution in [0.4, 0.5) is 0 Å². The highest BCUT2D eigenvalue weighted by Crippen LogP contribution is 2.39. The van der Waals surface area contributed by atoms with Crippen molar-refractivity contribution in [1.82, 2.24) is 5.32 Å². The van der Waals surface area contributed by atoms with Crippen molar-refractivity contribution in [3.05, 3.63) is 0 Å². The number of piperidine rings is 1. The first kappa shape index (κ1) is 7.62. The molecule has 3 heteroatoms. The van der Waals surface area contributed by atoms with Crippen molar-refractivity contribution < 1.29 is 0 Å². The number of aliphatic imine (C=N–C) groups is 1. The fourth-order valence-electron chi connectivity index (χ4n) is 1.78. The highest BCUT2D eigenvalue weighted by atomic mass is 32.2. The Kier molecular flexibility index (Phi) is 1.93. The Bertz CT molecular complexity index is 183. The van der Waals surface area contributed by atoms with Crippen LogP contribution in [0, 0.1) is 0 Å². The minimum atomic E-state index is 0.495. The van der Waals surface area contributed by atoms with E-state index in [0.717, 1.165) is 6.54 Å². The maximum Gasteiger partial charge on any atom is 0.0651 e. The van der Waals surface area contributed by atoms with Gasteiger partial charge in [-0.2, -0.15) is 0 Å². The van der Waals surface area contributed by atoms with E-state index in [1.807, 2.05) is 11.8 Å². The normalized spacial score (nSPS) is 29.0. The lowest BCUT2D eigenvalue weighted by molar-refractivity contribution is 0.426. The smallest absolute Gasteiger partial charge is 0.0651 e. The summed E-state index contributed by atoms with van der Waals surface area (Å²) in [5, 5.41) is 4.67. The van der Waals surface area contributed by atoms with Crippen molar-refractivity contribution in [1.29, 1.82) is 0 Å². The van der Waals surface area contributed by atoms with E-state index >= 15 is 0 Å². The molecule has 0 aliphatic carbocycles. The van der Waals surface area contributed by atoms with E-state index in [2.05, 4.69) is 17.2 Å². The van der Waals surface area contributed by atoms with Crippen molar-refractivity contribution in [2.45, 2.75) is 24.5 Å². The minimum Gasteiger partial charge on any atom is -0.317 e. The van der Waals surface area contributed by atoms with Gasteiger partial charge in [0.05, 0.1) is 11.6 Å². The van der Waals surface area contributed by atoms with Crippen molar-refractivity contribution in [3.63, 3.8) is 0 Å². The summed E-state index contributed by atoms with van der Waals surface area (Å²) in [6, 6.07) is 0. The van der Waals surface area contributed by atoms with E-state index < -0.39 is 0 Å². The first-order valence-electron chi connectivity index (χ1n) is 4.22. The second-order valence-electron chi connectivity index (χ2n) is 3.37. The Morgan fingerprint density at radius 2 is 2.18 bits per heavy atom. The predicted molar refractivity (Wildman–Crippen MR) is 50.4 cm³/mol. The average Bonchev–Trinajstić information content (AvgIpc) is 2.34. The molecule has 11 heavy (non-hydrogen) atoms. The molecule has 0 saturated carbocycles. The van der Waals surface area contributed by atoms with Gasteiger partial charge in [0.15, 0.2) is 0 Å². The third kappa shape index (κ3) is 1.44. The molecule has 2 aliphatic heterocycles. The number of hydrogen-bond acceptors (Lipinski definition) is 3. The molecule has 1 N–H and O–H groups in total. The van der Waals surface area contributed by atoms with Crippen LogP contribution in [-0.4, -0.2) is 29.4 Å². The number of nitrogens with zero attached hydrogens (tertiary/aromatic N) is 1. The monoisotopic (exact) mass is 170 g/mol. The third-order valence-electron chi connectivity index (χ3n) is 2.47. The van der Waals surface area contributed by atoms with Gasteiger partial charge in [-0.05, 0) is 32.9 Å². The second-order valence-corrected chi connectivity index (χ2v) is 5.03. The van der Waals surface area contributed by atoms with Crippen molar-refractivity contribution in [2.75, 3.05) is 19.6 Å². The van der Waals surface area contributed by atoms with E-state index in [0.29, 0.717) is 4.75 Å². The molecule has 1 fully saturated rings. The van der Waals surface area contributed by atoms with E-state index in [1.165, 1.54) is 31.0 Å². The van der Waals surface area contributed by atoms with Crippen LogP contribution < -0.4 is 5.32 Å². The zero-order valence-electron chi connectivity index (χ0n) is 6.89. The van der Waals surface area contributed by atoms with E-state index in [1.54, 1.807) is 0 Å². The van der Waals surface area contributed by atoms with Gasteiger partial charge in [0, 0.05) is 4.75 Å². The maximum absolute atomic E-state index is 4.46. The van der Waals surface area contributed by atoms with Crippen molar-refractivity contribution in [3.8, 4) is 0 Å². The number of hydrogen-bond donors (Lipinski definition) is 1. The summed E-state index contributed by atoms with van der Waals surface area (Å²) in [6.07, 6.45) is 2.58. The Hall–Kier alpha value is -0.0200. The molecule has 0 unspecified atom stereocenters. The maximum atomic E-state index is 4.46. The summed E-state index contributed by atoms with van der Waals surface area (Å²) in [7, 11) is 0. The van der Waals surface area contributed by atoms with Gasteiger partial charge in [-0.15, -0.1) is 11.8 Å². The third-order valence-corrected chi connectivity index (χ3v) is 3.86. The summed E-state index contributed by atoms with van der Waals surface area (Å²) in [4.78, 5) is 4.46. The molecule has 0 bridgehead atoms. The molecule has 0 aromatic rings. The first-order valence-corrected chi connectivity index (χ1v) is 5.03. The summed E-state index contributed by atoms with van der Waals surface area (Å²) in [5.41, 5.74) is 0. The van der Waals surface area contributed by atoms with Crippen LogP contribution in [0.3, 0.4) is 0 Å². The summed E-state index contributed by atoms with van der Waals surface area (Å²) in [5.74, 6) is 0. The first-order chi connectivity index (χ1) is 5.31. The molecule has 1 saturated heterocycles. The largest absolute Gasteiger partial charge is 0.317 e. The SMILES string of the molecule is CC1=NCC2(CCNCC2)S1. The molecular weight excluding hydrogens is 156 g/mol. The predicted octanol–water partition coefficient (Wildman–Crippen LogP) is 1.27. The number of thioether (sulfide) groups is 1. The molecule has 0 atom stereocenters. The zero-order valence-corrected chi connectivity index (χ0v) is 7.71. The molecule has 0 amide bonds. The fraction of sp³-hybridized carbons (Fsp3) is 0.875. The van der Waals surface area contributed by atoms with E-state index in [9.17, 15) is 0 Å². The topological polar surface area (TPSA) is 24.4 Å². The van der Waals surface area contributed by atoms with Crippen molar-refractivity contribution in [2.24, 2.45) is 4.99 Å². The van der Waals surface area contributed by atoms with Gasteiger partial charge in [-0.3, -0.25) is 4.99 Å². The van der Waals surface area contributed by atoms with Gasteiger partial charge in [-0.25, -0.2) is 0 Å². The molecule has 2 aliphatic rings. The van der Waals surface area contributed by atoms with Gasteiger partial charge in [0.2, 0.25) is 0 Å². The fourth-order valence-corrected chi connectivity index (χ4v) is 3.07. The van der Waals surface area contributed by atoms with Crippen LogP contribution >= 0.6 is 11.8 Å². The quantitative estimate of drug-likeness (QED) is 0.592. The van der Waals surface area contributed by atoms with Gasteiger partial charge in [0.25, 0.3) is 0 Å². The molecule has 1 spiro atoms. The zero-order chi connectivity index (χ0) is 7.73. The van der Waals surface area contributed by atoms with Crippen LogP contribution in [0.2, 0.25) is 0 Å². The Balaban J connectivity index is 2.01. The molecular formula is C8H14N2S. The lowest BCUT2D eigenvalue weighted by atomic mass is 9.97. The van der Waals surface area contributed by atoms with E-state index in [4.69, 9.17) is 0 Å². The molecule has 0 aromatic heterocycles. The molecule has 2 heterocycles. The second kappa shape index (κ2) is 2.79. The summed E-state index contributed by atoms with van der Waals surface area (Å²) in [6.45, 7) is 5.54. The van der Waals surface area contributed by atoms with Crippen LogP contribution in [-0.2, 0) is 0 Å². The van der Waals surface area contributed by atoms with Crippen LogP contribution in [0.1, 0.15) is 19.8 Å². The highest BCUT2D eigenvalue weighted by Gasteiger charge is 2.36. The average molecular weight is 170 g/mol. The Morgan fingerprint density at radius 1 is 1.45 bits per heavy atom. The molecule has 0 aromatic carbocycles. The van der Waals surface area contributed by atoms with Crippen LogP contribution in [0.15, 0.2) is 4.99 Å². The number of nitrogens with one attached hydrogen (secondary N) is 1. The van der Waals surface area contributed by atoms with Crippen LogP contribution in [0.5, 0.6) is 0 Å². The highest BCUT2D eigenvalue weighted by molar-refractivity contribution is 8.15. The standard InChI is InChI=1S/C8H14N2S/c1-7-10-6-8(11-7)2-4-9-5-3-8/h9H,2-6H2,1H3. The molecule has 2 rings (SSSR count). The van der Waals surface area contributed by atoms with E-state index in [-0.39, 0.29) is 0 Å². The van der Waals surface area contributed by atoms with Gasteiger partial charge in [0.1, 0.15) is 0 Å².